The van der Waals surface area contributed by atoms with Gasteiger partial charge < -0.3 is 10.6 Å². The van der Waals surface area contributed by atoms with E-state index in [1.165, 1.54) is 23.5 Å². The third-order valence-electron chi connectivity index (χ3n) is 11.3. The number of ketones is 2. The number of nitrogens with one attached hydrogen (secondary N) is 2. The van der Waals surface area contributed by atoms with Crippen LogP contribution in [0.3, 0.4) is 0 Å². The van der Waals surface area contributed by atoms with Crippen molar-refractivity contribution >= 4 is 45.9 Å². The van der Waals surface area contributed by atoms with Crippen LogP contribution in [-0.2, 0) is 26.8 Å². The van der Waals surface area contributed by atoms with E-state index in [1.807, 2.05) is 12.1 Å². The molecule has 0 amide bonds. The van der Waals surface area contributed by atoms with Crippen molar-refractivity contribution < 1.29 is 18.4 Å². The fraction of sp³-hybridized carbons (Fsp3) is 0.400. The minimum absolute atomic E-state index is 0.0403. The summed E-state index contributed by atoms with van der Waals surface area (Å²) in [5.74, 6) is 0.885. The van der Waals surface area contributed by atoms with E-state index >= 15 is 0 Å². The predicted octanol–water partition coefficient (Wildman–Crippen LogP) is 9.63. The molecule has 8 rings (SSSR count). The number of carbonyl (C=O) groups excluding carboxylic acids is 2. The molecule has 258 valence electrons. The van der Waals surface area contributed by atoms with Crippen LogP contribution in [0.2, 0.25) is 0 Å². The molecule has 2 N–H and O–H groups in total. The lowest BCUT2D eigenvalue weighted by atomic mass is 9.61. The van der Waals surface area contributed by atoms with Crippen molar-refractivity contribution in [1.82, 2.24) is 9.97 Å². The Kier molecular flexibility index (Phi) is 7.62. The maximum Gasteiger partial charge on any atom is 0.162 e. The lowest BCUT2D eigenvalue weighted by Crippen LogP contribution is -2.44. The number of hydrogen-bond acceptors (Lipinski definition) is 8. The first-order valence-electron chi connectivity index (χ1n) is 17.4. The molecule has 4 aliphatic rings. The van der Waals surface area contributed by atoms with E-state index in [1.54, 1.807) is 41.1 Å². The first-order chi connectivity index (χ1) is 23.8. The standard InChI is InChI=1S/C40H40F2N4O2S2/c1-6-39(22-10-8-12-24(41)14-22)32-27(44-35-33(39)49-21-43-35)17-38(5,19-29(32)48)20-30-46-36-34(50-30)40(7-2,23-11-9-13-25(42)15-23)31-26(45-36)16-37(3,4)18-28(31)47/h8-15,21,44-45H,6-7,16-20H2,1-5H3/t38?,39-,40+/m1/s1. The number of anilines is 2. The number of rotatable bonds is 6. The number of fused-ring (bicyclic) bond motifs is 2. The summed E-state index contributed by atoms with van der Waals surface area (Å²) in [5.41, 5.74) is 4.11. The van der Waals surface area contributed by atoms with Crippen LogP contribution in [0.1, 0.15) is 99.0 Å². The zero-order valence-corrected chi connectivity index (χ0v) is 30.6. The van der Waals surface area contributed by atoms with E-state index in [9.17, 15) is 18.4 Å². The first kappa shape index (κ1) is 33.1. The second-order valence-corrected chi connectivity index (χ2v) is 17.5. The van der Waals surface area contributed by atoms with Crippen LogP contribution in [0.4, 0.5) is 20.4 Å². The summed E-state index contributed by atoms with van der Waals surface area (Å²) in [6.45, 7) is 10.5. The molecule has 0 fully saturated rings. The number of benzene rings is 2. The molecule has 2 aliphatic heterocycles. The highest BCUT2D eigenvalue weighted by Gasteiger charge is 2.53. The number of carbonyl (C=O) groups is 2. The van der Waals surface area contributed by atoms with Gasteiger partial charge in [0, 0.05) is 41.8 Å². The van der Waals surface area contributed by atoms with Gasteiger partial charge in [0.1, 0.15) is 23.3 Å². The van der Waals surface area contributed by atoms with Crippen LogP contribution >= 0.6 is 22.7 Å². The van der Waals surface area contributed by atoms with E-state index in [-0.39, 0.29) is 28.6 Å². The molecule has 0 spiro atoms. The van der Waals surface area contributed by atoms with Gasteiger partial charge in [-0.2, -0.15) is 0 Å². The molecule has 4 heterocycles. The maximum absolute atomic E-state index is 14.9. The molecule has 0 saturated carbocycles. The second kappa shape index (κ2) is 11.5. The maximum atomic E-state index is 14.9. The van der Waals surface area contributed by atoms with E-state index in [4.69, 9.17) is 4.98 Å². The van der Waals surface area contributed by atoms with Gasteiger partial charge in [-0.05, 0) is 71.9 Å². The highest BCUT2D eigenvalue weighted by Crippen LogP contribution is 2.58. The number of thiazole rings is 2. The van der Waals surface area contributed by atoms with Crippen LogP contribution in [-0.4, -0.2) is 21.5 Å². The molecule has 10 heteroatoms. The van der Waals surface area contributed by atoms with Crippen LogP contribution in [0.5, 0.6) is 0 Å². The summed E-state index contributed by atoms with van der Waals surface area (Å²) in [7, 11) is 0. The predicted molar refractivity (Wildman–Crippen MR) is 195 cm³/mol. The summed E-state index contributed by atoms with van der Waals surface area (Å²) in [4.78, 5) is 40.2. The Hall–Kier alpha value is -4.02. The Balaban J connectivity index is 1.21. The Bertz CT molecular complexity index is 2160. The highest BCUT2D eigenvalue weighted by atomic mass is 32.1. The summed E-state index contributed by atoms with van der Waals surface area (Å²) in [6, 6.07) is 13.2. The smallest absolute Gasteiger partial charge is 0.162 e. The summed E-state index contributed by atoms with van der Waals surface area (Å²) >= 11 is 3.05. The topological polar surface area (TPSA) is 84.0 Å². The number of allylic oxidation sites excluding steroid dienone is 4. The van der Waals surface area contributed by atoms with Crippen LogP contribution in [0.25, 0.3) is 0 Å². The monoisotopic (exact) mass is 710 g/mol. The molecular formula is C40H40F2N4O2S2. The van der Waals surface area contributed by atoms with Crippen molar-refractivity contribution in [3.05, 3.63) is 114 Å². The number of halogens is 2. The summed E-state index contributed by atoms with van der Waals surface area (Å²) in [6.07, 6.45) is 3.70. The van der Waals surface area contributed by atoms with E-state index in [2.05, 4.69) is 50.2 Å². The van der Waals surface area contributed by atoms with Gasteiger partial charge in [-0.25, -0.2) is 18.7 Å². The van der Waals surface area contributed by atoms with Gasteiger partial charge in [0.15, 0.2) is 11.6 Å². The normalized spacial score (nSPS) is 26.9. The molecule has 0 radical (unpaired) electrons. The van der Waals surface area contributed by atoms with Crippen molar-refractivity contribution in [2.24, 2.45) is 10.8 Å². The largest absolute Gasteiger partial charge is 0.342 e. The molecule has 2 aliphatic carbocycles. The van der Waals surface area contributed by atoms with Crippen molar-refractivity contribution in [2.45, 2.75) is 90.4 Å². The van der Waals surface area contributed by atoms with Crippen molar-refractivity contribution in [3.8, 4) is 0 Å². The fourth-order valence-corrected chi connectivity index (χ4v) is 11.9. The minimum Gasteiger partial charge on any atom is -0.342 e. The number of hydrogen-bond donors (Lipinski definition) is 2. The number of Topliss-reactive ketones (excluding diaryl/α,β-unsaturated/α-hetero) is 2. The Labute approximate surface area is 299 Å². The van der Waals surface area contributed by atoms with Crippen molar-refractivity contribution in [1.29, 1.82) is 0 Å². The quantitative estimate of drug-likeness (QED) is 0.207. The van der Waals surface area contributed by atoms with Crippen LogP contribution in [0.15, 0.2) is 76.6 Å². The van der Waals surface area contributed by atoms with Gasteiger partial charge >= 0.3 is 0 Å². The van der Waals surface area contributed by atoms with Gasteiger partial charge in [0.2, 0.25) is 0 Å². The molecule has 2 aromatic carbocycles. The highest BCUT2D eigenvalue weighted by molar-refractivity contribution is 7.12. The van der Waals surface area contributed by atoms with Crippen LogP contribution in [0, 0.1) is 22.5 Å². The Morgan fingerprint density at radius 3 is 1.96 bits per heavy atom. The number of aromatic nitrogens is 2. The summed E-state index contributed by atoms with van der Waals surface area (Å²) in [5, 5.41) is 7.95. The average molecular weight is 711 g/mol. The molecule has 50 heavy (non-hydrogen) atoms. The zero-order valence-electron chi connectivity index (χ0n) is 28.9. The molecule has 4 aromatic rings. The lowest BCUT2D eigenvalue weighted by Gasteiger charge is -2.45. The summed E-state index contributed by atoms with van der Waals surface area (Å²) < 4.78 is 29.6. The molecule has 0 bridgehead atoms. The fourth-order valence-electron chi connectivity index (χ4n) is 9.34. The molecule has 0 saturated heterocycles. The van der Waals surface area contributed by atoms with Crippen molar-refractivity contribution in [3.63, 3.8) is 0 Å². The SMILES string of the molecule is CC[C@@]1(c2cccc(F)c2)C2=C(CC(C)(Cc3nc4c(s3)[C@@](CC)(c3cccc(F)c3)C3=C(CC(C)(C)CC3=O)N4)CC2=O)Nc2ncsc21. The molecule has 6 nitrogen and oxygen atoms in total. The zero-order chi connectivity index (χ0) is 35.2. The van der Waals surface area contributed by atoms with E-state index in [0.29, 0.717) is 56.3 Å². The Morgan fingerprint density at radius 2 is 1.34 bits per heavy atom. The first-order valence-corrected chi connectivity index (χ1v) is 19.1. The minimum atomic E-state index is -0.835. The van der Waals surface area contributed by atoms with Gasteiger partial charge in [-0.1, -0.05) is 58.9 Å². The lowest BCUT2D eigenvalue weighted by molar-refractivity contribution is -0.119. The molecule has 1 unspecified atom stereocenters. The third kappa shape index (κ3) is 4.88. The number of nitrogens with zero attached hydrogens (tertiary/aromatic N) is 2. The van der Waals surface area contributed by atoms with E-state index < -0.39 is 16.2 Å². The molecular weight excluding hydrogens is 671 g/mol. The second-order valence-electron chi connectivity index (χ2n) is 15.5. The third-order valence-corrected chi connectivity index (χ3v) is 13.5. The molecule has 3 atom stereocenters. The van der Waals surface area contributed by atoms with Crippen molar-refractivity contribution in [2.75, 3.05) is 10.6 Å². The van der Waals surface area contributed by atoms with Gasteiger partial charge in [-0.15, -0.1) is 22.7 Å². The van der Waals surface area contributed by atoms with Gasteiger partial charge in [-0.3, -0.25) is 9.59 Å². The van der Waals surface area contributed by atoms with E-state index in [0.717, 1.165) is 48.7 Å². The molecule has 2 aromatic heterocycles. The van der Waals surface area contributed by atoms with Crippen LogP contribution < -0.4 is 10.6 Å². The average Bonchev–Trinajstić information content (AvgIpc) is 3.68. The van der Waals surface area contributed by atoms with Gasteiger partial charge in [0.05, 0.1) is 31.1 Å². The Morgan fingerprint density at radius 1 is 0.760 bits per heavy atom. The van der Waals surface area contributed by atoms with Gasteiger partial charge in [0.25, 0.3) is 0 Å².